The summed E-state index contributed by atoms with van der Waals surface area (Å²) in [6, 6.07) is 14.2. The highest BCUT2D eigenvalue weighted by molar-refractivity contribution is 9.10. The molecule has 1 aliphatic rings. The number of hydrogen-bond acceptors (Lipinski definition) is 5. The van der Waals surface area contributed by atoms with Crippen molar-refractivity contribution >= 4 is 42.9 Å². The van der Waals surface area contributed by atoms with Crippen LogP contribution in [0.3, 0.4) is 0 Å². The van der Waals surface area contributed by atoms with Gasteiger partial charge in [0.15, 0.2) is 0 Å². The molecular weight excluding hydrogens is 446 g/mol. The fourth-order valence-electron chi connectivity index (χ4n) is 3.23. The zero-order chi connectivity index (χ0) is 19.7. The van der Waals surface area contributed by atoms with E-state index < -0.39 is 10.0 Å². The van der Waals surface area contributed by atoms with Crippen LogP contribution in [0.15, 0.2) is 57.9 Å². The van der Waals surface area contributed by atoms with Crippen LogP contribution in [0.25, 0.3) is 11.0 Å². The van der Waals surface area contributed by atoms with E-state index >= 15 is 0 Å². The number of para-hydroxylation sites is 1. The molecule has 3 aromatic rings. The van der Waals surface area contributed by atoms with E-state index in [1.54, 1.807) is 33.8 Å². The van der Waals surface area contributed by atoms with Gasteiger partial charge in [0.05, 0.1) is 10.4 Å². The van der Waals surface area contributed by atoms with Crippen LogP contribution in [0.5, 0.6) is 0 Å². The zero-order valence-corrected chi connectivity index (χ0v) is 17.3. The van der Waals surface area contributed by atoms with Crippen LogP contribution < -0.4 is 0 Å². The summed E-state index contributed by atoms with van der Waals surface area (Å²) in [4.78, 5) is 14.6. The highest BCUT2D eigenvalue weighted by Gasteiger charge is 2.31. The number of rotatable bonds is 4. The summed E-state index contributed by atoms with van der Waals surface area (Å²) in [6.07, 6.45) is 0. The number of halogens is 1. The summed E-state index contributed by atoms with van der Waals surface area (Å²) in [6.45, 7) is 1.28. The Hall–Kier alpha value is -2.30. The summed E-state index contributed by atoms with van der Waals surface area (Å²) >= 11 is 3.30. The summed E-state index contributed by atoms with van der Waals surface area (Å²) in [5.41, 5.74) is 1.53. The summed E-state index contributed by atoms with van der Waals surface area (Å²) in [5, 5.41) is 8.09. The van der Waals surface area contributed by atoms with Gasteiger partial charge in [0.1, 0.15) is 12.1 Å². The number of carbonyl (C=O) groups is 1. The Bertz CT molecular complexity index is 1120. The Morgan fingerprint density at radius 1 is 1.00 bits per heavy atom. The van der Waals surface area contributed by atoms with Crippen molar-refractivity contribution in [3.8, 4) is 0 Å². The zero-order valence-electron chi connectivity index (χ0n) is 14.9. The number of piperazine rings is 1. The molecule has 1 aromatic heterocycles. The van der Waals surface area contributed by atoms with Crippen LogP contribution in [0, 0.1) is 0 Å². The van der Waals surface area contributed by atoms with Crippen LogP contribution in [-0.4, -0.2) is 64.7 Å². The molecule has 0 N–H and O–H groups in total. The highest BCUT2D eigenvalue weighted by atomic mass is 79.9. The fourth-order valence-corrected chi connectivity index (χ4v) is 5.62. The number of fused-ring (bicyclic) bond motifs is 1. The molecule has 146 valence electrons. The molecule has 10 heteroatoms. The minimum atomic E-state index is -3.60. The molecule has 4 rings (SSSR count). The summed E-state index contributed by atoms with van der Waals surface area (Å²) in [5.74, 6) is -0.103. The molecule has 1 amide bonds. The minimum absolute atomic E-state index is 0.0808. The molecule has 0 atom stereocenters. The number of amides is 1. The number of carbonyl (C=O) groups excluding carboxylic acids is 1. The van der Waals surface area contributed by atoms with Crippen molar-refractivity contribution in [3.05, 3.63) is 53.0 Å². The first-order valence-corrected chi connectivity index (χ1v) is 11.0. The first-order chi connectivity index (χ1) is 13.5. The molecule has 1 saturated heterocycles. The van der Waals surface area contributed by atoms with E-state index in [2.05, 4.69) is 26.2 Å². The quantitative estimate of drug-likeness (QED) is 0.587. The highest BCUT2D eigenvalue weighted by Crippen LogP contribution is 2.25. The minimum Gasteiger partial charge on any atom is -0.338 e. The molecule has 2 heterocycles. The van der Waals surface area contributed by atoms with Gasteiger partial charge in [0.2, 0.25) is 15.9 Å². The molecule has 8 nitrogen and oxygen atoms in total. The lowest BCUT2D eigenvalue weighted by atomic mass is 10.3. The molecule has 0 saturated carbocycles. The number of hydrogen-bond donors (Lipinski definition) is 0. The third-order valence-corrected chi connectivity index (χ3v) is 7.66. The van der Waals surface area contributed by atoms with Gasteiger partial charge >= 0.3 is 0 Å². The Balaban J connectivity index is 1.42. The largest absolute Gasteiger partial charge is 0.338 e. The molecule has 1 fully saturated rings. The number of sulfonamides is 1. The van der Waals surface area contributed by atoms with E-state index in [1.807, 2.05) is 24.3 Å². The second kappa shape index (κ2) is 7.61. The number of aromatic nitrogens is 3. The van der Waals surface area contributed by atoms with Crippen molar-refractivity contribution in [3.63, 3.8) is 0 Å². The molecule has 0 aliphatic carbocycles. The first-order valence-electron chi connectivity index (χ1n) is 8.77. The summed E-state index contributed by atoms with van der Waals surface area (Å²) in [7, 11) is -3.60. The van der Waals surface area contributed by atoms with Crippen molar-refractivity contribution in [2.24, 2.45) is 0 Å². The van der Waals surface area contributed by atoms with E-state index in [4.69, 9.17) is 0 Å². The molecule has 2 aromatic carbocycles. The number of nitrogens with zero attached hydrogens (tertiary/aromatic N) is 5. The van der Waals surface area contributed by atoms with E-state index in [-0.39, 0.29) is 30.4 Å². The topological polar surface area (TPSA) is 88.4 Å². The Morgan fingerprint density at radius 2 is 1.68 bits per heavy atom. The SMILES string of the molecule is O=C(Cn1nnc2ccccc21)N1CCN(S(=O)(=O)c2ccccc2Br)CC1. The molecule has 0 spiro atoms. The van der Waals surface area contributed by atoms with Crippen LogP contribution in [0.4, 0.5) is 0 Å². The fraction of sp³-hybridized carbons (Fsp3) is 0.278. The van der Waals surface area contributed by atoms with Gasteiger partial charge in [-0.1, -0.05) is 29.5 Å². The van der Waals surface area contributed by atoms with Gasteiger partial charge < -0.3 is 4.90 Å². The first kappa shape index (κ1) is 19.0. The van der Waals surface area contributed by atoms with Gasteiger partial charge in [0.25, 0.3) is 0 Å². The average molecular weight is 464 g/mol. The Kier molecular flexibility index (Phi) is 5.17. The van der Waals surface area contributed by atoms with Crippen molar-refractivity contribution in [2.75, 3.05) is 26.2 Å². The van der Waals surface area contributed by atoms with Crippen molar-refractivity contribution in [1.82, 2.24) is 24.2 Å². The molecule has 0 unspecified atom stereocenters. The van der Waals surface area contributed by atoms with E-state index in [0.717, 1.165) is 11.0 Å². The molecule has 1 aliphatic heterocycles. The van der Waals surface area contributed by atoms with E-state index in [1.165, 1.54) is 4.31 Å². The molecule has 0 radical (unpaired) electrons. The lowest BCUT2D eigenvalue weighted by Gasteiger charge is -2.34. The Labute approximate surface area is 170 Å². The van der Waals surface area contributed by atoms with Crippen LogP contribution in [-0.2, 0) is 21.4 Å². The normalized spacial score (nSPS) is 15.8. The predicted octanol–water partition coefficient (Wildman–Crippen LogP) is 1.73. The van der Waals surface area contributed by atoms with E-state index in [0.29, 0.717) is 17.6 Å². The predicted molar refractivity (Wildman–Crippen MR) is 107 cm³/mol. The summed E-state index contributed by atoms with van der Waals surface area (Å²) < 4.78 is 29.2. The lowest BCUT2D eigenvalue weighted by molar-refractivity contribution is -0.133. The maximum absolute atomic E-state index is 12.9. The average Bonchev–Trinajstić information content (AvgIpc) is 3.11. The maximum atomic E-state index is 12.9. The van der Waals surface area contributed by atoms with Crippen LogP contribution in [0.1, 0.15) is 0 Å². The smallest absolute Gasteiger partial charge is 0.244 e. The third kappa shape index (κ3) is 3.54. The number of benzene rings is 2. The van der Waals surface area contributed by atoms with Crippen molar-refractivity contribution in [1.29, 1.82) is 0 Å². The lowest BCUT2D eigenvalue weighted by Crippen LogP contribution is -2.51. The van der Waals surface area contributed by atoms with Crippen molar-refractivity contribution < 1.29 is 13.2 Å². The standard InChI is InChI=1S/C18H18BrN5O3S/c19-14-5-1-4-8-17(14)28(26,27)23-11-9-22(10-12-23)18(25)13-24-16-7-3-2-6-15(16)20-21-24/h1-8H,9-13H2. The second-order valence-electron chi connectivity index (χ2n) is 6.45. The Morgan fingerprint density at radius 3 is 2.43 bits per heavy atom. The molecule has 0 bridgehead atoms. The van der Waals surface area contributed by atoms with Gasteiger partial charge in [-0.25, -0.2) is 13.1 Å². The van der Waals surface area contributed by atoms with Crippen molar-refractivity contribution in [2.45, 2.75) is 11.4 Å². The second-order valence-corrected chi connectivity index (χ2v) is 9.21. The van der Waals surface area contributed by atoms with Gasteiger partial charge in [-0.2, -0.15) is 4.31 Å². The van der Waals surface area contributed by atoms with Crippen LogP contribution in [0.2, 0.25) is 0 Å². The van der Waals surface area contributed by atoms with Crippen LogP contribution >= 0.6 is 15.9 Å². The van der Waals surface area contributed by atoms with Gasteiger partial charge in [-0.3, -0.25) is 4.79 Å². The molecule has 28 heavy (non-hydrogen) atoms. The maximum Gasteiger partial charge on any atom is 0.244 e. The molecular formula is C18H18BrN5O3S. The van der Waals surface area contributed by atoms with Gasteiger partial charge in [0, 0.05) is 30.7 Å². The third-order valence-electron chi connectivity index (χ3n) is 4.75. The van der Waals surface area contributed by atoms with E-state index in [9.17, 15) is 13.2 Å². The monoisotopic (exact) mass is 463 g/mol. The van der Waals surface area contributed by atoms with Gasteiger partial charge in [-0.15, -0.1) is 5.10 Å². The van der Waals surface area contributed by atoms with Gasteiger partial charge in [-0.05, 0) is 40.2 Å².